The standard InChI is InChI=1S/C28H23N3OS/c1-20-11-10-17-24-26(20)30-28(33-24)31(19-23-16-8-9-18-29-23)27(32)25(21-12-4-2-5-13-21)22-14-6-3-7-15-22/h2-18,25H,19H2,1H3. The summed E-state index contributed by atoms with van der Waals surface area (Å²) in [5.74, 6) is -0.459. The molecular formula is C28H23N3OS. The van der Waals surface area contributed by atoms with E-state index >= 15 is 0 Å². The van der Waals surface area contributed by atoms with Gasteiger partial charge in [-0.15, -0.1) is 0 Å². The number of pyridine rings is 1. The summed E-state index contributed by atoms with van der Waals surface area (Å²) in [6, 6.07) is 31.8. The van der Waals surface area contributed by atoms with Gasteiger partial charge in [0.15, 0.2) is 5.13 Å². The fourth-order valence-electron chi connectivity index (χ4n) is 4.01. The molecule has 4 nitrogen and oxygen atoms in total. The lowest BCUT2D eigenvalue weighted by Gasteiger charge is -2.26. The zero-order valence-electron chi connectivity index (χ0n) is 18.3. The number of amides is 1. The molecular weight excluding hydrogens is 426 g/mol. The lowest BCUT2D eigenvalue weighted by Crippen LogP contribution is -2.35. The summed E-state index contributed by atoms with van der Waals surface area (Å²) in [5.41, 5.74) is 4.77. The fraction of sp³-hybridized carbons (Fsp3) is 0.107. The molecule has 2 aromatic heterocycles. The van der Waals surface area contributed by atoms with E-state index in [1.807, 2.05) is 97.9 Å². The van der Waals surface area contributed by atoms with Crippen LogP contribution in [0, 0.1) is 6.92 Å². The first-order chi connectivity index (χ1) is 16.2. The van der Waals surface area contributed by atoms with E-state index in [1.165, 1.54) is 0 Å². The van der Waals surface area contributed by atoms with Gasteiger partial charge in [0.05, 0.1) is 28.4 Å². The highest BCUT2D eigenvalue weighted by Crippen LogP contribution is 2.35. The van der Waals surface area contributed by atoms with Gasteiger partial charge in [0.1, 0.15) is 0 Å². The van der Waals surface area contributed by atoms with Crippen molar-refractivity contribution in [2.45, 2.75) is 19.4 Å². The molecule has 0 spiro atoms. The SMILES string of the molecule is Cc1cccc2sc(N(Cc3ccccn3)C(=O)C(c3ccccc3)c3ccccc3)nc12. The quantitative estimate of drug-likeness (QED) is 0.303. The minimum atomic E-state index is -0.441. The number of hydrogen-bond acceptors (Lipinski definition) is 4. The van der Waals surface area contributed by atoms with Crippen LogP contribution >= 0.6 is 11.3 Å². The number of thiazole rings is 1. The number of fused-ring (bicyclic) bond motifs is 1. The van der Waals surface area contributed by atoms with Crippen molar-refractivity contribution >= 4 is 32.6 Å². The highest BCUT2D eigenvalue weighted by molar-refractivity contribution is 7.22. The zero-order valence-corrected chi connectivity index (χ0v) is 19.1. The number of para-hydroxylation sites is 1. The van der Waals surface area contributed by atoms with Crippen LogP contribution < -0.4 is 4.90 Å². The third kappa shape index (κ3) is 4.41. The number of nitrogens with zero attached hydrogens (tertiary/aromatic N) is 3. The summed E-state index contributed by atoms with van der Waals surface area (Å²) in [4.78, 5) is 25.4. The Morgan fingerprint density at radius 1 is 0.848 bits per heavy atom. The van der Waals surface area contributed by atoms with Crippen molar-refractivity contribution in [2.75, 3.05) is 4.90 Å². The van der Waals surface area contributed by atoms with Crippen LogP contribution in [0.25, 0.3) is 10.2 Å². The highest BCUT2D eigenvalue weighted by Gasteiger charge is 2.30. The molecule has 0 aliphatic rings. The van der Waals surface area contributed by atoms with E-state index in [4.69, 9.17) is 4.98 Å². The van der Waals surface area contributed by atoms with E-state index in [0.29, 0.717) is 11.7 Å². The largest absolute Gasteiger partial charge is 0.281 e. The van der Waals surface area contributed by atoms with Crippen molar-refractivity contribution in [3.8, 4) is 0 Å². The fourth-order valence-corrected chi connectivity index (χ4v) is 5.06. The first kappa shape index (κ1) is 21.0. The zero-order chi connectivity index (χ0) is 22.6. The predicted octanol–water partition coefficient (Wildman–Crippen LogP) is 6.37. The second-order valence-corrected chi connectivity index (χ2v) is 8.93. The minimum Gasteiger partial charge on any atom is -0.281 e. The minimum absolute atomic E-state index is 0.0187. The first-order valence-electron chi connectivity index (χ1n) is 10.9. The van der Waals surface area contributed by atoms with Crippen molar-refractivity contribution in [2.24, 2.45) is 0 Å². The topological polar surface area (TPSA) is 46.1 Å². The Morgan fingerprint density at radius 3 is 2.12 bits per heavy atom. The van der Waals surface area contributed by atoms with Crippen molar-refractivity contribution in [3.05, 3.63) is 126 Å². The Kier molecular flexibility index (Phi) is 5.96. The summed E-state index contributed by atoms with van der Waals surface area (Å²) >= 11 is 1.54. The van der Waals surface area contributed by atoms with Crippen molar-refractivity contribution in [1.29, 1.82) is 0 Å². The summed E-state index contributed by atoms with van der Waals surface area (Å²) in [7, 11) is 0. The molecule has 0 saturated carbocycles. The Labute approximate surface area is 197 Å². The van der Waals surface area contributed by atoms with Crippen LogP contribution in [0.15, 0.2) is 103 Å². The van der Waals surface area contributed by atoms with E-state index in [9.17, 15) is 4.79 Å². The molecule has 0 bridgehead atoms. The van der Waals surface area contributed by atoms with Crippen LogP contribution in [-0.4, -0.2) is 15.9 Å². The maximum atomic E-state index is 14.3. The lowest BCUT2D eigenvalue weighted by molar-refractivity contribution is -0.119. The third-order valence-corrected chi connectivity index (χ3v) is 6.71. The third-order valence-electron chi connectivity index (χ3n) is 5.67. The maximum Gasteiger partial charge on any atom is 0.241 e. The van der Waals surface area contributed by atoms with Gasteiger partial charge < -0.3 is 0 Å². The number of aryl methyl sites for hydroxylation is 1. The summed E-state index contributed by atoms with van der Waals surface area (Å²) in [6.07, 6.45) is 1.76. The Balaban J connectivity index is 1.63. The molecule has 0 saturated heterocycles. The van der Waals surface area contributed by atoms with Crippen LogP contribution in [0.4, 0.5) is 5.13 Å². The van der Waals surface area contributed by atoms with Crippen LogP contribution in [0.3, 0.4) is 0 Å². The molecule has 162 valence electrons. The number of rotatable bonds is 6. The number of benzene rings is 3. The van der Waals surface area contributed by atoms with E-state index in [0.717, 1.165) is 32.6 Å². The van der Waals surface area contributed by atoms with Gasteiger partial charge in [-0.1, -0.05) is 90.2 Å². The molecule has 0 fully saturated rings. The monoisotopic (exact) mass is 449 g/mol. The van der Waals surface area contributed by atoms with Crippen molar-refractivity contribution in [1.82, 2.24) is 9.97 Å². The van der Waals surface area contributed by atoms with Gasteiger partial charge >= 0.3 is 0 Å². The second kappa shape index (κ2) is 9.35. The van der Waals surface area contributed by atoms with Crippen LogP contribution in [-0.2, 0) is 11.3 Å². The van der Waals surface area contributed by atoms with Gasteiger partial charge in [0.2, 0.25) is 5.91 Å². The van der Waals surface area contributed by atoms with Gasteiger partial charge in [0, 0.05) is 6.20 Å². The molecule has 1 amide bonds. The molecule has 5 rings (SSSR count). The van der Waals surface area contributed by atoms with Gasteiger partial charge in [-0.05, 0) is 41.8 Å². The molecule has 0 radical (unpaired) electrons. The van der Waals surface area contributed by atoms with Crippen molar-refractivity contribution < 1.29 is 4.79 Å². The van der Waals surface area contributed by atoms with Crippen LogP contribution in [0.2, 0.25) is 0 Å². The van der Waals surface area contributed by atoms with Gasteiger partial charge in [-0.3, -0.25) is 14.7 Å². The average Bonchev–Trinajstić information content (AvgIpc) is 3.30. The summed E-state index contributed by atoms with van der Waals surface area (Å²) in [6.45, 7) is 2.40. The predicted molar refractivity (Wildman–Crippen MR) is 135 cm³/mol. The molecule has 0 N–H and O–H groups in total. The Morgan fingerprint density at radius 2 is 1.52 bits per heavy atom. The summed E-state index contributed by atoms with van der Waals surface area (Å²) in [5, 5.41) is 0.687. The van der Waals surface area contributed by atoms with Gasteiger partial charge in [-0.2, -0.15) is 0 Å². The highest BCUT2D eigenvalue weighted by atomic mass is 32.1. The normalized spacial score (nSPS) is 11.1. The first-order valence-corrected chi connectivity index (χ1v) is 11.7. The molecule has 33 heavy (non-hydrogen) atoms. The Bertz CT molecular complexity index is 1330. The molecule has 5 aromatic rings. The average molecular weight is 450 g/mol. The number of carbonyl (C=O) groups excluding carboxylic acids is 1. The maximum absolute atomic E-state index is 14.3. The molecule has 0 aliphatic heterocycles. The molecule has 2 heterocycles. The van der Waals surface area contributed by atoms with E-state index in [2.05, 4.69) is 11.1 Å². The lowest BCUT2D eigenvalue weighted by atomic mass is 9.90. The molecule has 5 heteroatoms. The number of aromatic nitrogens is 2. The van der Waals surface area contributed by atoms with Gasteiger partial charge in [-0.25, -0.2) is 4.98 Å². The van der Waals surface area contributed by atoms with E-state index < -0.39 is 5.92 Å². The molecule has 3 aromatic carbocycles. The van der Waals surface area contributed by atoms with Crippen LogP contribution in [0.5, 0.6) is 0 Å². The number of anilines is 1. The summed E-state index contributed by atoms with van der Waals surface area (Å²) < 4.78 is 1.07. The Hall–Kier alpha value is -3.83. The second-order valence-electron chi connectivity index (χ2n) is 7.92. The number of carbonyl (C=O) groups is 1. The van der Waals surface area contributed by atoms with Crippen molar-refractivity contribution in [3.63, 3.8) is 0 Å². The van der Waals surface area contributed by atoms with E-state index in [1.54, 1.807) is 22.4 Å². The smallest absolute Gasteiger partial charge is 0.241 e. The van der Waals surface area contributed by atoms with Gasteiger partial charge in [0.25, 0.3) is 0 Å². The number of hydrogen-bond donors (Lipinski definition) is 0. The molecule has 0 unspecified atom stereocenters. The molecule has 0 aliphatic carbocycles. The molecule has 0 atom stereocenters. The van der Waals surface area contributed by atoms with Crippen LogP contribution in [0.1, 0.15) is 28.3 Å². The van der Waals surface area contributed by atoms with E-state index in [-0.39, 0.29) is 5.91 Å².